The van der Waals surface area contributed by atoms with Gasteiger partial charge < -0.3 is 9.74 Å². The number of rotatable bonds is 4. The zero-order chi connectivity index (χ0) is 13.4. The minimum atomic E-state index is -1.80. The van der Waals surface area contributed by atoms with Crippen molar-refractivity contribution < 1.29 is 9.22 Å². The Bertz CT molecular complexity index is 301. The minimum absolute atomic E-state index is 0.0247. The summed E-state index contributed by atoms with van der Waals surface area (Å²) >= 11 is 6.01. The predicted octanol–water partition coefficient (Wildman–Crippen LogP) is 2.89. The van der Waals surface area contributed by atoms with Gasteiger partial charge in [-0.25, -0.2) is 0 Å². The van der Waals surface area contributed by atoms with E-state index in [0.29, 0.717) is 0 Å². The van der Waals surface area contributed by atoms with Crippen LogP contribution in [0.5, 0.6) is 0 Å². The van der Waals surface area contributed by atoms with E-state index in [1.807, 2.05) is 0 Å². The molecule has 0 unspecified atom stereocenters. The minimum Gasteiger partial charge on any atom is -0.412 e. The second-order valence-electron chi connectivity index (χ2n) is 6.26. The van der Waals surface area contributed by atoms with Gasteiger partial charge in [0.05, 0.1) is 12.1 Å². The molecule has 100 valence electrons. The van der Waals surface area contributed by atoms with Crippen LogP contribution in [0.15, 0.2) is 0 Å². The Morgan fingerprint density at radius 1 is 1.47 bits per heavy atom. The highest BCUT2D eigenvalue weighted by Crippen LogP contribution is 2.38. The van der Waals surface area contributed by atoms with Crippen molar-refractivity contribution in [3.8, 4) is 0 Å². The van der Waals surface area contributed by atoms with Gasteiger partial charge in [0.25, 0.3) is 0 Å². The zero-order valence-electron chi connectivity index (χ0n) is 11.6. The van der Waals surface area contributed by atoms with Gasteiger partial charge in [0.1, 0.15) is 5.38 Å². The molecule has 0 radical (unpaired) electrons. The number of halogens is 1. The van der Waals surface area contributed by atoms with Crippen LogP contribution in [0.4, 0.5) is 0 Å². The predicted molar refractivity (Wildman–Crippen MR) is 73.9 cm³/mol. The summed E-state index contributed by atoms with van der Waals surface area (Å²) in [7, 11) is -1.80. The Balaban J connectivity index is 2.68. The first-order valence-electron chi connectivity index (χ1n) is 6.22. The Hall–Kier alpha value is -0.0631. The molecule has 3 atom stereocenters. The van der Waals surface area contributed by atoms with Crippen molar-refractivity contribution in [2.45, 2.75) is 69.8 Å². The van der Waals surface area contributed by atoms with Crippen LogP contribution in [0.3, 0.4) is 0 Å². The number of hydrogen-bond acceptors (Lipinski definition) is 2. The number of nitrogens with one attached hydrogen (secondary N) is 1. The van der Waals surface area contributed by atoms with Gasteiger partial charge in [-0.3, -0.25) is 4.79 Å². The molecule has 5 heteroatoms. The van der Waals surface area contributed by atoms with E-state index in [4.69, 9.17) is 16.0 Å². The first kappa shape index (κ1) is 15.0. The Morgan fingerprint density at radius 3 is 2.29 bits per heavy atom. The molecule has 1 N–H and O–H groups in total. The van der Waals surface area contributed by atoms with Crippen LogP contribution in [0.1, 0.15) is 34.1 Å². The topological polar surface area (TPSA) is 38.3 Å². The van der Waals surface area contributed by atoms with Gasteiger partial charge in [-0.15, -0.1) is 11.6 Å². The summed E-state index contributed by atoms with van der Waals surface area (Å²) in [4.78, 5) is 11.1. The van der Waals surface area contributed by atoms with Crippen LogP contribution in [0.25, 0.3) is 0 Å². The molecule has 1 saturated heterocycles. The van der Waals surface area contributed by atoms with Crippen molar-refractivity contribution in [2.75, 3.05) is 0 Å². The van der Waals surface area contributed by atoms with E-state index in [1.54, 1.807) is 0 Å². The maximum atomic E-state index is 11.1. The van der Waals surface area contributed by atoms with Crippen LogP contribution < -0.4 is 5.32 Å². The van der Waals surface area contributed by atoms with Gasteiger partial charge in [-0.2, -0.15) is 0 Å². The molecule has 0 aliphatic carbocycles. The van der Waals surface area contributed by atoms with Gasteiger partial charge in [0.2, 0.25) is 5.91 Å². The third kappa shape index (κ3) is 3.03. The lowest BCUT2D eigenvalue weighted by molar-refractivity contribution is -0.130. The molecule has 1 aliphatic rings. The third-order valence-electron chi connectivity index (χ3n) is 3.93. The van der Waals surface area contributed by atoms with E-state index in [-0.39, 0.29) is 23.1 Å². The molecule has 1 heterocycles. The molecule has 0 bridgehead atoms. The number of carbonyl (C=O) groups excluding carboxylic acids is 1. The summed E-state index contributed by atoms with van der Waals surface area (Å²) in [5, 5.41) is 2.59. The van der Waals surface area contributed by atoms with Crippen molar-refractivity contribution in [2.24, 2.45) is 0 Å². The number of hydrogen-bond donors (Lipinski definition) is 1. The van der Waals surface area contributed by atoms with Crippen LogP contribution >= 0.6 is 11.6 Å². The first-order chi connectivity index (χ1) is 7.60. The van der Waals surface area contributed by atoms with Crippen molar-refractivity contribution in [3.63, 3.8) is 0 Å². The lowest BCUT2D eigenvalue weighted by atomic mass is 9.98. The smallest absolute Gasteiger partial charge is 0.240 e. The lowest BCUT2D eigenvalue weighted by Crippen LogP contribution is -2.66. The number of alkyl halides is 1. The molecule has 0 spiro atoms. The maximum absolute atomic E-state index is 11.1. The van der Waals surface area contributed by atoms with E-state index in [2.05, 4.69) is 46.1 Å². The van der Waals surface area contributed by atoms with Gasteiger partial charge >= 0.3 is 0 Å². The van der Waals surface area contributed by atoms with Gasteiger partial charge in [0.15, 0.2) is 8.32 Å². The Labute approximate surface area is 110 Å². The van der Waals surface area contributed by atoms with Crippen molar-refractivity contribution in [3.05, 3.63) is 0 Å². The molecule has 1 aliphatic heterocycles. The fourth-order valence-corrected chi connectivity index (χ4v) is 3.34. The summed E-state index contributed by atoms with van der Waals surface area (Å²) in [6.45, 7) is 13.2. The van der Waals surface area contributed by atoms with E-state index in [1.165, 1.54) is 0 Å². The van der Waals surface area contributed by atoms with Crippen molar-refractivity contribution in [1.82, 2.24) is 5.32 Å². The molecule has 1 fully saturated rings. The first-order valence-corrected chi connectivity index (χ1v) is 9.57. The summed E-state index contributed by atoms with van der Waals surface area (Å²) in [5.74, 6) is -0.0750. The van der Waals surface area contributed by atoms with Gasteiger partial charge in [0, 0.05) is 0 Å². The molecule has 0 saturated carbocycles. The van der Waals surface area contributed by atoms with Crippen molar-refractivity contribution in [1.29, 1.82) is 0 Å². The maximum Gasteiger partial charge on any atom is 0.240 e. The number of amides is 1. The average molecular weight is 278 g/mol. The summed E-state index contributed by atoms with van der Waals surface area (Å²) < 4.78 is 6.31. The lowest BCUT2D eigenvalue weighted by Gasteiger charge is -2.45. The summed E-state index contributed by atoms with van der Waals surface area (Å²) in [6, 6.07) is -0.0247. The number of carbonyl (C=O) groups is 1. The fraction of sp³-hybridized carbons (Fsp3) is 0.917. The number of β-lactam (4-membered cyclic amide) rings is 1. The molecule has 1 rings (SSSR count). The molecular formula is C12H24ClNO2Si. The molecule has 1 amide bonds. The third-order valence-corrected chi connectivity index (χ3v) is 8.90. The molecular weight excluding hydrogens is 254 g/mol. The summed E-state index contributed by atoms with van der Waals surface area (Å²) in [5.41, 5.74) is 0. The van der Waals surface area contributed by atoms with E-state index in [9.17, 15) is 4.79 Å². The van der Waals surface area contributed by atoms with E-state index < -0.39 is 13.7 Å². The van der Waals surface area contributed by atoms with Gasteiger partial charge in [-0.1, -0.05) is 27.7 Å². The highest BCUT2D eigenvalue weighted by molar-refractivity contribution is 6.74. The normalized spacial score (nSPS) is 27.4. The largest absolute Gasteiger partial charge is 0.412 e. The SMILES string of the molecule is CC[C@H](O[Si](C)(C)C(C)(C)C)[C@H]1NC(=O)[C@@H]1Cl. The van der Waals surface area contributed by atoms with Crippen LogP contribution in [-0.4, -0.2) is 31.7 Å². The van der Waals surface area contributed by atoms with Crippen LogP contribution in [0, 0.1) is 0 Å². The fourth-order valence-electron chi connectivity index (χ4n) is 1.63. The second-order valence-corrected chi connectivity index (χ2v) is 11.5. The Kier molecular flexibility index (Phi) is 4.32. The van der Waals surface area contributed by atoms with E-state index in [0.717, 1.165) is 6.42 Å². The molecule has 3 nitrogen and oxygen atoms in total. The van der Waals surface area contributed by atoms with Crippen molar-refractivity contribution >= 4 is 25.8 Å². The monoisotopic (exact) mass is 277 g/mol. The standard InChI is InChI=1S/C12H24ClNO2Si/c1-7-8(10-9(13)11(15)14-10)16-17(5,6)12(2,3)4/h8-10H,7H2,1-6H3,(H,14,15)/t8-,9+,10+/m0/s1. The van der Waals surface area contributed by atoms with Gasteiger partial charge in [-0.05, 0) is 24.6 Å². The molecule has 0 aromatic rings. The molecule has 17 heavy (non-hydrogen) atoms. The highest BCUT2D eigenvalue weighted by Gasteiger charge is 2.46. The zero-order valence-corrected chi connectivity index (χ0v) is 13.4. The van der Waals surface area contributed by atoms with Crippen LogP contribution in [-0.2, 0) is 9.22 Å². The summed E-state index contributed by atoms with van der Waals surface area (Å²) in [6.07, 6.45) is 0.914. The second kappa shape index (κ2) is 4.90. The Morgan fingerprint density at radius 2 is 2.00 bits per heavy atom. The van der Waals surface area contributed by atoms with Crippen LogP contribution in [0.2, 0.25) is 18.1 Å². The van der Waals surface area contributed by atoms with E-state index >= 15 is 0 Å². The molecule has 0 aromatic carbocycles. The quantitative estimate of drug-likeness (QED) is 0.487. The highest BCUT2D eigenvalue weighted by atomic mass is 35.5. The average Bonchev–Trinajstić information content (AvgIpc) is 2.20. The molecule has 0 aromatic heterocycles.